The lowest BCUT2D eigenvalue weighted by atomic mass is 10.1. The summed E-state index contributed by atoms with van der Waals surface area (Å²) in [6.45, 7) is 7.90. The molecule has 11 nitrogen and oxygen atoms in total. The summed E-state index contributed by atoms with van der Waals surface area (Å²) in [5.41, 5.74) is 17.9. The number of nitrogens with one attached hydrogen (secondary N) is 1. The molecule has 12 heteroatoms. The molecule has 1 saturated heterocycles. The average molecular weight is 751 g/mol. The largest absolute Gasteiger partial charge is 0.497 e. The van der Waals surface area contributed by atoms with Crippen LogP contribution in [0.2, 0.25) is 19.6 Å². The van der Waals surface area contributed by atoms with Gasteiger partial charge in [0.05, 0.1) is 37.5 Å². The maximum atomic E-state index is 13.8. The highest BCUT2D eigenvalue weighted by Crippen LogP contribution is 2.37. The first-order chi connectivity index (χ1) is 26.6. The van der Waals surface area contributed by atoms with Crippen molar-refractivity contribution < 1.29 is 23.7 Å². The van der Waals surface area contributed by atoms with E-state index in [9.17, 15) is 4.79 Å². The smallest absolute Gasteiger partial charge is 0.251 e. The summed E-state index contributed by atoms with van der Waals surface area (Å²) in [4.78, 5) is 28.1. The molecule has 0 radical (unpaired) electrons. The van der Waals surface area contributed by atoms with Gasteiger partial charge in [-0.3, -0.25) is 9.36 Å². The number of hydrogen-bond acceptors (Lipinski definition) is 9. The summed E-state index contributed by atoms with van der Waals surface area (Å²) in [5.74, 6) is 5.51. The van der Waals surface area contributed by atoms with Gasteiger partial charge in [-0.1, -0.05) is 43.8 Å². The molecule has 1 aliphatic heterocycles. The average Bonchev–Trinajstić information content (AvgIpc) is 3.96. The van der Waals surface area contributed by atoms with Crippen molar-refractivity contribution in [2.24, 2.45) is 0 Å². The number of benzene rings is 3. The molecule has 3 aromatic carbocycles. The molecule has 8 rings (SSSR count). The molecule has 2 aliphatic rings. The second-order valence-corrected chi connectivity index (χ2v) is 19.4. The second-order valence-electron chi connectivity index (χ2n) is 14.7. The Kier molecular flexibility index (Phi) is 9.83. The van der Waals surface area contributed by atoms with Crippen LogP contribution in [0.25, 0.3) is 28.2 Å². The van der Waals surface area contributed by atoms with Gasteiger partial charge >= 0.3 is 0 Å². The first kappa shape index (κ1) is 36.0. The fourth-order valence-corrected chi connectivity index (χ4v) is 7.37. The number of nitrogens with zero attached hydrogens (tertiary/aromatic N) is 4. The Morgan fingerprint density at radius 3 is 2.56 bits per heavy atom. The number of carbonyl (C=O) groups is 1. The lowest BCUT2D eigenvalue weighted by molar-refractivity contribution is -0.0459. The summed E-state index contributed by atoms with van der Waals surface area (Å²) in [7, 11) is 0.0175. The zero-order valence-corrected chi connectivity index (χ0v) is 32.3. The van der Waals surface area contributed by atoms with Gasteiger partial charge in [-0.05, 0) is 96.3 Å². The number of nitrogen functional groups attached to an aromatic ring is 1. The van der Waals surface area contributed by atoms with Gasteiger partial charge in [0.2, 0.25) is 0 Å². The molecule has 1 atom stereocenters. The van der Waals surface area contributed by atoms with E-state index in [2.05, 4.69) is 53.5 Å². The Labute approximate surface area is 320 Å². The second kappa shape index (κ2) is 15.0. The Morgan fingerprint density at radius 2 is 1.80 bits per heavy atom. The van der Waals surface area contributed by atoms with Gasteiger partial charge in [-0.15, -0.1) is 5.54 Å². The highest BCUT2D eigenvalue weighted by atomic mass is 28.3. The normalized spacial score (nSPS) is 15.4. The van der Waals surface area contributed by atoms with Crippen LogP contribution in [0.15, 0.2) is 91.1 Å². The number of nitrogens with two attached hydrogens (primary N) is 1. The number of aryl methyl sites for hydroxylation is 1. The maximum absolute atomic E-state index is 13.8. The maximum Gasteiger partial charge on any atom is 0.251 e. The van der Waals surface area contributed by atoms with Crippen molar-refractivity contribution in [3.63, 3.8) is 0 Å². The Bertz CT molecular complexity index is 2460. The number of aromatic nitrogens is 4. The number of ether oxygens (including phenoxy) is 4. The van der Waals surface area contributed by atoms with E-state index in [0.717, 1.165) is 46.5 Å². The Hall–Kier alpha value is -6.00. The Morgan fingerprint density at radius 1 is 0.982 bits per heavy atom. The van der Waals surface area contributed by atoms with Crippen molar-refractivity contribution in [2.75, 3.05) is 26.1 Å². The van der Waals surface area contributed by atoms with Gasteiger partial charge < -0.3 is 30.0 Å². The van der Waals surface area contributed by atoms with E-state index in [4.69, 9.17) is 34.6 Å². The lowest BCUT2D eigenvalue weighted by Gasteiger charge is -2.19. The first-order valence-corrected chi connectivity index (χ1v) is 21.8. The molecule has 3 aromatic heterocycles. The van der Waals surface area contributed by atoms with Gasteiger partial charge in [0.15, 0.2) is 17.8 Å². The third-order valence-corrected chi connectivity index (χ3v) is 10.5. The van der Waals surface area contributed by atoms with Gasteiger partial charge in [0.1, 0.15) is 43.2 Å². The van der Waals surface area contributed by atoms with Crippen LogP contribution in [0.4, 0.5) is 5.82 Å². The number of amides is 1. The monoisotopic (exact) mass is 750 g/mol. The first-order valence-electron chi connectivity index (χ1n) is 18.3. The number of pyridine rings is 2. The fraction of sp³-hybridized carbons (Fsp3) is 0.256. The van der Waals surface area contributed by atoms with Crippen molar-refractivity contribution in [1.29, 1.82) is 0 Å². The molecule has 0 unspecified atom stereocenters. The van der Waals surface area contributed by atoms with Gasteiger partial charge in [0.25, 0.3) is 5.91 Å². The number of methoxy groups -OCH3 is 1. The summed E-state index contributed by atoms with van der Waals surface area (Å²) in [5, 5.41) is 3.28. The number of carbonyl (C=O) groups excluding carboxylic acids is 1. The van der Waals surface area contributed by atoms with E-state index in [1.54, 1.807) is 25.4 Å². The summed E-state index contributed by atoms with van der Waals surface area (Å²) in [6, 6.07) is 26.9. The molecular weight excluding hydrogens is 709 g/mol. The standard InChI is InChI=1S/C43H42N6O5Si/c1-51-32-13-7-27(8-14-32)26-54-38-18-10-29(25-35(38)43-52-21-22-53-43)42(50)48-36-16-9-28-24-31(12-15-33(28)36)49-40(34-6-5-20-45-39(34)44)47-37-17-11-30(46-41(37)49)19-23-55(2,3)4/h5-8,10-15,17-18,20,24-25,36,43H,9,16,21-22,26H2,1-4H3,(H2,44,45)(H,48,50)/t36-/m0/s1. The summed E-state index contributed by atoms with van der Waals surface area (Å²) in [6.07, 6.45) is 2.60. The molecule has 55 heavy (non-hydrogen) atoms. The zero-order valence-electron chi connectivity index (χ0n) is 31.3. The summed E-state index contributed by atoms with van der Waals surface area (Å²) >= 11 is 0. The molecule has 0 bridgehead atoms. The van der Waals surface area contributed by atoms with E-state index >= 15 is 0 Å². The molecule has 0 saturated carbocycles. The van der Waals surface area contributed by atoms with Crippen molar-refractivity contribution in [3.8, 4) is 40.0 Å². The third kappa shape index (κ3) is 7.68. The van der Waals surface area contributed by atoms with E-state index in [0.29, 0.717) is 65.2 Å². The third-order valence-electron chi connectivity index (χ3n) is 9.62. The molecule has 3 N–H and O–H groups in total. The van der Waals surface area contributed by atoms with Gasteiger partial charge in [-0.25, -0.2) is 15.0 Å². The van der Waals surface area contributed by atoms with E-state index in [-0.39, 0.29) is 11.9 Å². The predicted octanol–water partition coefficient (Wildman–Crippen LogP) is 7.34. The van der Waals surface area contributed by atoms with Gasteiger partial charge in [-0.2, -0.15) is 0 Å². The van der Waals surface area contributed by atoms with Crippen molar-refractivity contribution in [2.45, 2.75) is 51.4 Å². The number of imidazole rings is 1. The van der Waals surface area contributed by atoms with Crippen LogP contribution in [0.1, 0.15) is 57.1 Å². The van der Waals surface area contributed by atoms with Crippen LogP contribution in [0.3, 0.4) is 0 Å². The van der Waals surface area contributed by atoms with E-state index in [1.165, 1.54) is 0 Å². The van der Waals surface area contributed by atoms with E-state index < -0.39 is 14.4 Å². The molecule has 1 aliphatic carbocycles. The molecule has 6 aromatic rings. The minimum Gasteiger partial charge on any atom is -0.497 e. The molecule has 1 fully saturated rings. The lowest BCUT2D eigenvalue weighted by Crippen LogP contribution is -2.27. The molecule has 4 heterocycles. The molecule has 1 amide bonds. The van der Waals surface area contributed by atoms with E-state index in [1.807, 2.05) is 65.2 Å². The quantitative estimate of drug-likeness (QED) is 0.115. The highest BCUT2D eigenvalue weighted by molar-refractivity contribution is 6.83. The van der Waals surface area contributed by atoms with Crippen molar-refractivity contribution in [1.82, 2.24) is 24.8 Å². The Balaban J connectivity index is 1.07. The van der Waals surface area contributed by atoms with Crippen LogP contribution in [0.5, 0.6) is 11.5 Å². The number of fused-ring (bicyclic) bond motifs is 2. The topological polar surface area (TPSA) is 136 Å². The van der Waals surface area contributed by atoms with Crippen LogP contribution >= 0.6 is 0 Å². The zero-order chi connectivity index (χ0) is 38.1. The van der Waals surface area contributed by atoms with Crippen LogP contribution in [-0.2, 0) is 22.5 Å². The highest BCUT2D eigenvalue weighted by Gasteiger charge is 2.28. The van der Waals surface area contributed by atoms with Crippen LogP contribution in [-0.4, -0.2) is 53.8 Å². The number of rotatable bonds is 9. The minimum atomic E-state index is -1.62. The number of hydrogen-bond donors (Lipinski definition) is 2. The molecular formula is C43H42N6O5Si. The SMILES string of the molecule is COc1ccc(COc2ccc(C(=O)N[C@H]3CCc4cc(-n5c(-c6cccnc6N)nc6ccc(C#C[Si](C)(C)C)nc65)ccc43)cc2C2OCCO2)cc1. The molecule has 278 valence electrons. The van der Waals surface area contributed by atoms with Crippen molar-refractivity contribution >= 4 is 31.0 Å². The van der Waals surface area contributed by atoms with Gasteiger partial charge in [0, 0.05) is 17.4 Å². The van der Waals surface area contributed by atoms with Crippen LogP contribution in [0, 0.1) is 11.5 Å². The van der Waals surface area contributed by atoms with Crippen LogP contribution < -0.4 is 20.5 Å². The fourth-order valence-electron chi connectivity index (χ4n) is 6.87. The summed E-state index contributed by atoms with van der Waals surface area (Å²) < 4.78 is 25.2. The van der Waals surface area contributed by atoms with Crippen molar-refractivity contribution in [3.05, 3.63) is 125 Å². The number of anilines is 1. The minimum absolute atomic E-state index is 0.167. The predicted molar refractivity (Wildman–Crippen MR) is 214 cm³/mol. The molecule has 0 spiro atoms.